The van der Waals surface area contributed by atoms with Gasteiger partial charge in [0.05, 0.1) is 11.3 Å². The normalized spacial score (nSPS) is 17.8. The number of carbonyl (C=O) groups is 1. The molecule has 3 aromatic rings. The lowest BCUT2D eigenvalue weighted by Gasteiger charge is -2.35. The van der Waals surface area contributed by atoms with Gasteiger partial charge in [-0.15, -0.1) is 0 Å². The second kappa shape index (κ2) is 8.29. The van der Waals surface area contributed by atoms with Crippen molar-refractivity contribution in [2.24, 2.45) is 5.92 Å². The first-order valence-corrected chi connectivity index (χ1v) is 11.0. The van der Waals surface area contributed by atoms with Crippen molar-refractivity contribution in [3.05, 3.63) is 76.2 Å². The molecular weight excluding hydrogens is 390 g/mol. The molecule has 1 saturated carbocycles. The Morgan fingerprint density at radius 2 is 1.48 bits per heavy atom. The Morgan fingerprint density at radius 3 is 2.13 bits per heavy atom. The smallest absolute Gasteiger partial charge is 0.338 e. The number of aromatic carboxylic acids is 1. The molecule has 2 heterocycles. The molecule has 160 valence electrons. The molecule has 2 fully saturated rings. The number of rotatable bonds is 6. The average Bonchev–Trinajstić information content (AvgIpc) is 3.60. The van der Waals surface area contributed by atoms with E-state index in [9.17, 15) is 14.7 Å². The minimum atomic E-state index is -0.997. The van der Waals surface area contributed by atoms with Crippen molar-refractivity contribution in [1.29, 1.82) is 0 Å². The number of carboxylic acid groups (broad SMARTS) is 1. The predicted octanol–water partition coefficient (Wildman–Crippen LogP) is 3.22. The number of para-hydroxylation sites is 1. The van der Waals surface area contributed by atoms with Gasteiger partial charge in [0.15, 0.2) is 0 Å². The average molecular weight is 418 g/mol. The summed E-state index contributed by atoms with van der Waals surface area (Å²) < 4.78 is 1.60. The lowest BCUT2D eigenvalue weighted by Crippen LogP contribution is -2.47. The van der Waals surface area contributed by atoms with Crippen LogP contribution in [-0.4, -0.2) is 58.2 Å². The fourth-order valence-electron chi connectivity index (χ4n) is 4.64. The Morgan fingerprint density at radius 1 is 0.871 bits per heavy atom. The van der Waals surface area contributed by atoms with Crippen LogP contribution in [0.1, 0.15) is 28.9 Å². The van der Waals surface area contributed by atoms with Crippen molar-refractivity contribution in [3.63, 3.8) is 0 Å². The van der Waals surface area contributed by atoms with E-state index in [0.29, 0.717) is 28.7 Å². The van der Waals surface area contributed by atoms with E-state index in [1.165, 1.54) is 19.4 Å². The molecule has 1 N–H and O–H groups in total. The van der Waals surface area contributed by atoms with Gasteiger partial charge in [0, 0.05) is 55.7 Å². The van der Waals surface area contributed by atoms with Crippen LogP contribution in [0.2, 0.25) is 0 Å². The largest absolute Gasteiger partial charge is 0.478 e. The van der Waals surface area contributed by atoms with Gasteiger partial charge in [-0.05, 0) is 37.0 Å². The first-order valence-electron chi connectivity index (χ1n) is 11.0. The monoisotopic (exact) mass is 417 g/mol. The van der Waals surface area contributed by atoms with Crippen LogP contribution in [0, 0.1) is 5.92 Å². The lowest BCUT2D eigenvalue weighted by atomic mass is 10.0. The number of pyridine rings is 1. The number of piperazine rings is 1. The van der Waals surface area contributed by atoms with Crippen molar-refractivity contribution >= 4 is 16.7 Å². The molecule has 31 heavy (non-hydrogen) atoms. The van der Waals surface area contributed by atoms with Crippen LogP contribution in [0.5, 0.6) is 0 Å². The van der Waals surface area contributed by atoms with Crippen molar-refractivity contribution in [1.82, 2.24) is 14.4 Å². The molecule has 1 saturated heterocycles. The second-order valence-electron chi connectivity index (χ2n) is 8.67. The summed E-state index contributed by atoms with van der Waals surface area (Å²) >= 11 is 0. The lowest BCUT2D eigenvalue weighted by molar-refractivity contribution is 0.0693. The number of fused-ring (bicyclic) bond motifs is 1. The molecule has 5 rings (SSSR count). The summed E-state index contributed by atoms with van der Waals surface area (Å²) in [4.78, 5) is 30.7. The zero-order valence-corrected chi connectivity index (χ0v) is 17.5. The molecular formula is C25H27N3O3. The van der Waals surface area contributed by atoms with E-state index in [1.807, 2.05) is 30.3 Å². The molecule has 0 radical (unpaired) electrons. The highest BCUT2D eigenvalue weighted by Gasteiger charge is 2.28. The Hall–Kier alpha value is -2.96. The third-order valence-electron chi connectivity index (χ3n) is 6.47. The topological polar surface area (TPSA) is 65.8 Å². The standard InChI is InChI=1S/C25H27N3O3/c29-24-21-9-5-4-8-20(21)23(25(30)31)22(28(24)19-6-2-1-3-7-19)17-27-14-12-26(13-15-27)16-18-10-11-18/h1-9,18H,10-17H2,(H,30,31). The van der Waals surface area contributed by atoms with Crippen molar-refractivity contribution in [3.8, 4) is 5.69 Å². The quantitative estimate of drug-likeness (QED) is 0.667. The number of hydrogen-bond acceptors (Lipinski definition) is 4. The first-order chi connectivity index (χ1) is 15.1. The minimum Gasteiger partial charge on any atom is -0.478 e. The number of hydrogen-bond donors (Lipinski definition) is 1. The SMILES string of the molecule is O=C(O)c1c(CN2CCN(CC3CC3)CC2)n(-c2ccccc2)c(=O)c2ccccc12. The van der Waals surface area contributed by atoms with Crippen LogP contribution in [0.3, 0.4) is 0 Å². The molecule has 6 nitrogen and oxygen atoms in total. The fourth-order valence-corrected chi connectivity index (χ4v) is 4.64. The molecule has 2 aliphatic rings. The minimum absolute atomic E-state index is 0.172. The molecule has 2 aromatic carbocycles. The highest BCUT2D eigenvalue weighted by atomic mass is 16.4. The summed E-state index contributed by atoms with van der Waals surface area (Å²) in [6.07, 6.45) is 2.70. The summed E-state index contributed by atoms with van der Waals surface area (Å²) in [5.74, 6) is -0.128. The summed E-state index contributed by atoms with van der Waals surface area (Å²) in [5, 5.41) is 11.1. The Kier molecular flexibility index (Phi) is 5.34. The van der Waals surface area contributed by atoms with Gasteiger partial charge in [-0.2, -0.15) is 0 Å². The van der Waals surface area contributed by atoms with E-state index in [4.69, 9.17) is 0 Å². The first kappa shape index (κ1) is 20.0. The Balaban J connectivity index is 1.57. The molecule has 0 amide bonds. The summed E-state index contributed by atoms with van der Waals surface area (Å²) in [5.41, 5.74) is 1.30. The van der Waals surface area contributed by atoms with Gasteiger partial charge in [-0.25, -0.2) is 4.79 Å². The Bertz CT molecular complexity index is 1160. The molecule has 0 spiro atoms. The summed E-state index contributed by atoms with van der Waals surface area (Å²) in [6, 6.07) is 16.4. The maximum Gasteiger partial charge on any atom is 0.338 e. The van der Waals surface area contributed by atoms with E-state index in [2.05, 4.69) is 9.80 Å². The van der Waals surface area contributed by atoms with Crippen LogP contribution in [0.15, 0.2) is 59.4 Å². The maximum atomic E-state index is 13.5. The van der Waals surface area contributed by atoms with Crippen LogP contribution in [0.4, 0.5) is 0 Å². The number of benzene rings is 2. The number of carboxylic acids is 1. The van der Waals surface area contributed by atoms with Crippen LogP contribution in [-0.2, 0) is 6.54 Å². The molecule has 1 aliphatic heterocycles. The van der Waals surface area contributed by atoms with E-state index in [0.717, 1.165) is 32.1 Å². The number of aromatic nitrogens is 1. The van der Waals surface area contributed by atoms with Gasteiger partial charge in [0.2, 0.25) is 0 Å². The maximum absolute atomic E-state index is 13.5. The van der Waals surface area contributed by atoms with Gasteiger partial charge in [-0.1, -0.05) is 36.4 Å². The third kappa shape index (κ3) is 4.01. The molecule has 0 unspecified atom stereocenters. The van der Waals surface area contributed by atoms with E-state index < -0.39 is 5.97 Å². The van der Waals surface area contributed by atoms with E-state index in [-0.39, 0.29) is 11.1 Å². The molecule has 1 aliphatic carbocycles. The fraction of sp³-hybridized carbons (Fsp3) is 0.360. The highest BCUT2D eigenvalue weighted by molar-refractivity contribution is 6.04. The van der Waals surface area contributed by atoms with Crippen molar-refractivity contribution in [2.45, 2.75) is 19.4 Å². The van der Waals surface area contributed by atoms with Crippen LogP contribution < -0.4 is 5.56 Å². The van der Waals surface area contributed by atoms with Crippen LogP contribution >= 0.6 is 0 Å². The Labute approximate surface area is 181 Å². The van der Waals surface area contributed by atoms with Crippen molar-refractivity contribution < 1.29 is 9.90 Å². The molecule has 6 heteroatoms. The van der Waals surface area contributed by atoms with Gasteiger partial charge < -0.3 is 10.0 Å². The predicted molar refractivity (Wildman–Crippen MR) is 121 cm³/mol. The summed E-state index contributed by atoms with van der Waals surface area (Å²) in [7, 11) is 0. The highest BCUT2D eigenvalue weighted by Crippen LogP contribution is 2.30. The zero-order valence-electron chi connectivity index (χ0n) is 17.5. The molecule has 0 atom stereocenters. The molecule has 1 aromatic heterocycles. The van der Waals surface area contributed by atoms with Gasteiger partial charge in [0.25, 0.3) is 5.56 Å². The summed E-state index contributed by atoms with van der Waals surface area (Å²) in [6.45, 7) is 5.35. The number of nitrogens with zero attached hydrogens (tertiary/aromatic N) is 3. The van der Waals surface area contributed by atoms with Crippen molar-refractivity contribution in [2.75, 3.05) is 32.7 Å². The van der Waals surface area contributed by atoms with E-state index in [1.54, 1.807) is 28.8 Å². The van der Waals surface area contributed by atoms with Crippen LogP contribution in [0.25, 0.3) is 16.5 Å². The zero-order chi connectivity index (χ0) is 21.4. The second-order valence-corrected chi connectivity index (χ2v) is 8.67. The van der Waals surface area contributed by atoms with E-state index >= 15 is 0 Å². The van der Waals surface area contributed by atoms with Gasteiger partial charge >= 0.3 is 5.97 Å². The third-order valence-corrected chi connectivity index (χ3v) is 6.47. The van der Waals surface area contributed by atoms with Gasteiger partial charge in [0.1, 0.15) is 0 Å². The molecule has 0 bridgehead atoms. The van der Waals surface area contributed by atoms with Gasteiger partial charge in [-0.3, -0.25) is 14.3 Å².